The van der Waals surface area contributed by atoms with Gasteiger partial charge in [0.25, 0.3) is 0 Å². The molecule has 16 nitrogen and oxygen atoms in total. The number of anilines is 6. The van der Waals surface area contributed by atoms with Gasteiger partial charge in [0.1, 0.15) is 34.9 Å². The Kier molecular flexibility index (Phi) is 22.8. The first-order valence-electron chi connectivity index (χ1n) is 30.7. The molecule has 90 heavy (non-hydrogen) atoms. The number of hydrogen-bond acceptors (Lipinski definition) is 16. The van der Waals surface area contributed by atoms with Gasteiger partial charge in [0.05, 0.1) is 109 Å². The maximum Gasteiger partial charge on any atom is 0.137 e. The van der Waals surface area contributed by atoms with E-state index in [1.165, 1.54) is 67.7 Å². The van der Waals surface area contributed by atoms with Crippen molar-refractivity contribution >= 4 is 101 Å². The Morgan fingerprint density at radius 3 is 1.43 bits per heavy atom. The molecule has 2 aliphatic rings. The van der Waals surface area contributed by atoms with E-state index in [9.17, 15) is 8.78 Å². The average Bonchev–Trinajstić information content (AvgIpc) is 0.785. The van der Waals surface area contributed by atoms with Crippen molar-refractivity contribution in [1.82, 2.24) is 49.8 Å². The van der Waals surface area contributed by atoms with Gasteiger partial charge < -0.3 is 29.9 Å². The summed E-state index contributed by atoms with van der Waals surface area (Å²) >= 11 is -0.0750. The van der Waals surface area contributed by atoms with E-state index in [1.54, 1.807) is 49.4 Å². The summed E-state index contributed by atoms with van der Waals surface area (Å²) in [5.74, 6) is -1.21. The number of fused-ring (bicyclic) bond motifs is 2. The van der Waals surface area contributed by atoms with Crippen molar-refractivity contribution < 1.29 is 27.0 Å². The van der Waals surface area contributed by atoms with Crippen LogP contribution in [0.3, 0.4) is 0 Å². The van der Waals surface area contributed by atoms with Crippen molar-refractivity contribution in [1.29, 1.82) is 0 Å². The van der Waals surface area contributed by atoms with Gasteiger partial charge >= 0.3 is 123 Å². The van der Waals surface area contributed by atoms with Crippen molar-refractivity contribution in [2.75, 3.05) is 73.0 Å². The molecule has 10 aromatic rings. The molecule has 2 N–H and O–H groups in total. The number of nitrogens with one attached hydrogen (secondary N) is 2. The number of ether oxygens (including phenoxy) is 2. The normalized spacial score (nSPS) is 13.4. The number of benzene rings is 2. The fourth-order valence-electron chi connectivity index (χ4n) is 11.4. The van der Waals surface area contributed by atoms with Crippen LogP contribution in [-0.4, -0.2) is 121 Å². The Morgan fingerprint density at radius 1 is 0.511 bits per heavy atom. The quantitative estimate of drug-likeness (QED) is 0.0443. The topological polar surface area (TPSA) is 178 Å². The van der Waals surface area contributed by atoms with E-state index in [0.717, 1.165) is 46.1 Å². The molecule has 0 radical (unpaired) electrons. The Balaban J connectivity index is 0.000000157. The van der Waals surface area contributed by atoms with Crippen molar-refractivity contribution in [3.63, 3.8) is 0 Å². The van der Waals surface area contributed by atoms with Crippen molar-refractivity contribution in [3.8, 4) is 34.0 Å². The van der Waals surface area contributed by atoms with Crippen LogP contribution in [0.5, 0.6) is 0 Å². The van der Waals surface area contributed by atoms with E-state index in [1.807, 2.05) is 68.7 Å². The largest absolute Gasteiger partial charge is 0.378 e. The third-order valence-corrected chi connectivity index (χ3v) is 32.1. The summed E-state index contributed by atoms with van der Waals surface area (Å²) in [5.41, 5.74) is 7.77. The summed E-state index contributed by atoms with van der Waals surface area (Å²) < 4.78 is 76.4. The Bertz CT molecular complexity index is 3990. The number of rotatable bonds is 19. The number of aromatic nitrogens is 10. The molecule has 466 valence electrons. The molecule has 22 heteroatoms. The van der Waals surface area contributed by atoms with E-state index in [4.69, 9.17) is 14.5 Å². The fraction of sp³-hybridized carbons (Fsp3) is 0.324. The Labute approximate surface area is 540 Å². The van der Waals surface area contributed by atoms with Crippen molar-refractivity contribution in [2.24, 2.45) is 0 Å². The monoisotopic (exact) mass is 1440 g/mol. The van der Waals surface area contributed by atoms with Gasteiger partial charge in [-0.25, -0.2) is 37.5 Å². The molecule has 2 fully saturated rings. The van der Waals surface area contributed by atoms with Crippen LogP contribution in [0.25, 0.3) is 55.8 Å². The molecule has 0 amide bonds. The number of nitrogens with zero attached hydrogens (tertiary/aromatic N) is 12. The van der Waals surface area contributed by atoms with E-state index in [0.29, 0.717) is 102 Å². The maximum atomic E-state index is 15.3. The van der Waals surface area contributed by atoms with Crippen LogP contribution >= 0.6 is 22.6 Å². The third kappa shape index (κ3) is 15.7. The molecule has 2 aromatic carbocycles. The summed E-state index contributed by atoms with van der Waals surface area (Å²) in [6, 6.07) is 19.0. The molecule has 10 heterocycles. The SMILES string of the molecule is CCC[CH2][Sn]([CH2]CCC)([CH2]CCC)[c]1cnccn1.Cc1c(-c2ccccn2)nc2cc(F)cc(F)c2c1Nc1cc(N2CCOCC2)ncc1-c1cnccn1.Cc1c(-c2ccccn2)nc2cc(F)cc(F)c2c1Nc1cc(N2CCOCC2)ncc1I. The number of morpholine rings is 2. The number of halogens is 5. The molecule has 2 aliphatic heterocycles. The molecule has 12 rings (SSSR count). The van der Waals surface area contributed by atoms with Gasteiger partial charge in [0.15, 0.2) is 0 Å². The number of pyridine rings is 6. The zero-order chi connectivity index (χ0) is 63.0. The third-order valence-electron chi connectivity index (χ3n) is 16.2. The summed E-state index contributed by atoms with van der Waals surface area (Å²) in [7, 11) is 0. The van der Waals surface area contributed by atoms with Crippen LogP contribution in [0.1, 0.15) is 70.4 Å². The molecule has 0 aliphatic carbocycles. The molecule has 2 saturated heterocycles. The van der Waals surface area contributed by atoms with Gasteiger partial charge in [-0.3, -0.25) is 19.9 Å². The molecule has 8 aromatic heterocycles. The smallest absolute Gasteiger partial charge is 0.137 e. The molecule has 0 spiro atoms. The summed E-state index contributed by atoms with van der Waals surface area (Å²) in [6.07, 6.45) is 25.6. The molecular weight excluding hydrogens is 1370 g/mol. The van der Waals surface area contributed by atoms with Crippen molar-refractivity contribution in [3.05, 3.63) is 173 Å². The van der Waals surface area contributed by atoms with E-state index in [-0.39, 0.29) is 21.8 Å². The molecule has 0 atom stereocenters. The van der Waals surface area contributed by atoms with Gasteiger partial charge in [-0.05, 0) is 60.7 Å². The second-order valence-electron chi connectivity index (χ2n) is 22.2. The average molecular weight is 1440 g/mol. The van der Waals surface area contributed by atoms with Crippen LogP contribution in [0.15, 0.2) is 135 Å². The van der Waals surface area contributed by atoms with Gasteiger partial charge in [0.2, 0.25) is 0 Å². The first kappa shape index (κ1) is 65.3. The summed E-state index contributed by atoms with van der Waals surface area (Å²) in [6.45, 7) is 16.0. The molecule has 0 saturated carbocycles. The van der Waals surface area contributed by atoms with Gasteiger partial charge in [-0.2, -0.15) is 0 Å². The van der Waals surface area contributed by atoms with Crippen LogP contribution in [0.4, 0.5) is 51.9 Å². The zero-order valence-electron chi connectivity index (χ0n) is 51.3. The van der Waals surface area contributed by atoms with Crippen LogP contribution in [-0.2, 0) is 9.47 Å². The second-order valence-corrected chi connectivity index (χ2v) is 36.5. The standard InChI is InChI=1S/C28H23F2N7O.C24H20F2IN5O.C4H3N2.3C4H9.Sn/c1-17-27(21-4-2-3-5-32-21)36-23-13-18(29)12-20(30)26(23)28(17)35-22-14-25(37-8-10-38-11-9-37)34-15-19(22)24-16-31-6-7-33-24;1-14-23(18-4-2-3-5-28-18)31-20-11-15(25)10-16(26)22(20)24(14)30-19-12-21(29-13-17(19)27)32-6-8-33-9-7-32;1-2-6-4-3-5-1;3*1-3-4-2;/h2-7,12-16H,8-11H2,1H3,(H,34,35,36);2-5,10-13H,6-9H2,1H3,(H,29,30,31);1-3H;3*1,3-4H2,2H3;. The fourth-order valence-corrected chi connectivity index (χ4v) is 27.0. The summed E-state index contributed by atoms with van der Waals surface area (Å²) in [4.78, 5) is 49.3. The first-order valence-corrected chi connectivity index (χ1v) is 39.2. The summed E-state index contributed by atoms with van der Waals surface area (Å²) in [5, 5.41) is 7.24. The van der Waals surface area contributed by atoms with E-state index >= 15 is 8.78 Å². The minimum absolute atomic E-state index is 0.179. The van der Waals surface area contributed by atoms with Gasteiger partial charge in [-0.1, -0.05) is 12.1 Å². The van der Waals surface area contributed by atoms with Crippen molar-refractivity contribution in [2.45, 2.75) is 86.5 Å². The molecule has 0 unspecified atom stereocenters. The first-order chi connectivity index (χ1) is 43.9. The van der Waals surface area contributed by atoms with Crippen LogP contribution < -0.4 is 24.1 Å². The van der Waals surface area contributed by atoms with Crippen LogP contribution in [0.2, 0.25) is 13.3 Å². The Hall–Kier alpha value is -7.61. The molecular formula is C68H73F4IN14O2Sn. The number of unbranched alkanes of at least 4 members (excludes halogenated alkanes) is 3. The second kappa shape index (κ2) is 31.4. The maximum absolute atomic E-state index is 15.3. The number of hydrogen-bond donors (Lipinski definition) is 2. The van der Waals surface area contributed by atoms with Crippen LogP contribution in [0, 0.1) is 40.7 Å². The predicted octanol–water partition coefficient (Wildman–Crippen LogP) is 15.3. The van der Waals surface area contributed by atoms with E-state index < -0.39 is 41.6 Å². The van der Waals surface area contributed by atoms with Gasteiger partial charge in [0, 0.05) is 116 Å². The Morgan fingerprint density at radius 2 is 0.978 bits per heavy atom. The molecule has 0 bridgehead atoms. The van der Waals surface area contributed by atoms with Gasteiger partial charge in [-0.15, -0.1) is 0 Å². The predicted molar refractivity (Wildman–Crippen MR) is 361 cm³/mol. The van der Waals surface area contributed by atoms with E-state index in [2.05, 4.69) is 115 Å². The zero-order valence-corrected chi connectivity index (χ0v) is 56.3. The minimum Gasteiger partial charge on any atom is -0.378 e. The minimum atomic E-state index is -2.27.